The largest absolute Gasteiger partial charge is 0.377 e. The zero-order chi connectivity index (χ0) is 20.8. The molecule has 7 nitrogen and oxygen atoms in total. The number of hydrogen-bond acceptors (Lipinski definition) is 7. The van der Waals surface area contributed by atoms with Crippen LogP contribution in [0.4, 0.5) is 5.82 Å². The molecule has 0 saturated carbocycles. The van der Waals surface area contributed by atoms with Crippen molar-refractivity contribution in [1.29, 1.82) is 0 Å². The molecule has 154 valence electrons. The van der Waals surface area contributed by atoms with E-state index in [-0.39, 0.29) is 6.04 Å². The average Bonchev–Trinajstić information content (AvgIpc) is 3.46. The Hall–Kier alpha value is -3.36. The molecule has 5 aromatic rings. The molecular formula is C23H20N6OS. The Bertz CT molecular complexity index is 1380. The number of H-pyrrole nitrogens is 1. The fourth-order valence-electron chi connectivity index (χ4n) is 4.14. The van der Waals surface area contributed by atoms with Crippen molar-refractivity contribution in [3.8, 4) is 22.5 Å². The van der Waals surface area contributed by atoms with Crippen molar-refractivity contribution in [2.45, 2.75) is 13.0 Å². The molecule has 1 aliphatic rings. The third-order valence-electron chi connectivity index (χ3n) is 5.71. The van der Waals surface area contributed by atoms with Gasteiger partial charge in [0.1, 0.15) is 5.65 Å². The Balaban J connectivity index is 1.63. The van der Waals surface area contributed by atoms with Crippen LogP contribution in [0.3, 0.4) is 0 Å². The van der Waals surface area contributed by atoms with E-state index in [1.807, 2.05) is 30.6 Å². The van der Waals surface area contributed by atoms with Gasteiger partial charge in [-0.25, -0.2) is 15.0 Å². The Morgan fingerprint density at radius 3 is 3.00 bits per heavy atom. The van der Waals surface area contributed by atoms with E-state index in [1.54, 1.807) is 23.7 Å². The standard InChI is InChI=1S/C23H20N6OS/c1-14-12-30-10-9-29(14)23-20-19(18(13-31-20)15-3-2-6-24-11-15)27-22(28-23)17-5-8-26-21-16(17)4-7-25-21/h2-8,11,13-14H,9-10,12H2,1H3,(H,25,26)/t14-/m1/s1. The van der Waals surface area contributed by atoms with Crippen molar-refractivity contribution in [2.75, 3.05) is 24.7 Å². The summed E-state index contributed by atoms with van der Waals surface area (Å²) in [5.74, 6) is 1.67. The highest BCUT2D eigenvalue weighted by Crippen LogP contribution is 2.40. The summed E-state index contributed by atoms with van der Waals surface area (Å²) in [7, 11) is 0. The van der Waals surface area contributed by atoms with Gasteiger partial charge < -0.3 is 14.6 Å². The van der Waals surface area contributed by atoms with E-state index in [9.17, 15) is 0 Å². The second-order valence-electron chi connectivity index (χ2n) is 7.66. The highest BCUT2D eigenvalue weighted by atomic mass is 32.1. The molecule has 0 spiro atoms. The van der Waals surface area contributed by atoms with Crippen molar-refractivity contribution in [1.82, 2.24) is 24.9 Å². The number of nitrogens with one attached hydrogen (secondary N) is 1. The van der Waals surface area contributed by atoms with Crippen LogP contribution in [0.15, 0.2) is 54.4 Å². The van der Waals surface area contributed by atoms with Crippen LogP contribution < -0.4 is 4.90 Å². The number of ether oxygens (including phenoxy) is 1. The van der Waals surface area contributed by atoms with Crippen molar-refractivity contribution >= 4 is 38.4 Å². The summed E-state index contributed by atoms with van der Waals surface area (Å²) in [6, 6.07) is 8.29. The number of nitrogens with zero attached hydrogens (tertiary/aromatic N) is 5. The SMILES string of the molecule is C[C@@H]1COCCN1c1nc(-c2ccnc3[nH]ccc23)nc2c(-c3cccnc3)csc12. The normalized spacial score (nSPS) is 16.9. The molecule has 0 aliphatic carbocycles. The molecule has 6 rings (SSSR count). The molecule has 0 radical (unpaired) electrons. The molecule has 1 saturated heterocycles. The predicted octanol–water partition coefficient (Wildman–Crippen LogP) is 4.52. The van der Waals surface area contributed by atoms with Crippen molar-refractivity contribution in [2.24, 2.45) is 0 Å². The summed E-state index contributed by atoms with van der Waals surface area (Å²) in [4.78, 5) is 24.4. The zero-order valence-corrected chi connectivity index (χ0v) is 17.8. The number of fused-ring (bicyclic) bond motifs is 2. The smallest absolute Gasteiger partial charge is 0.163 e. The van der Waals surface area contributed by atoms with Crippen molar-refractivity contribution in [3.05, 3.63) is 54.4 Å². The van der Waals surface area contributed by atoms with Gasteiger partial charge in [0.2, 0.25) is 0 Å². The van der Waals surface area contributed by atoms with Gasteiger partial charge in [-0.15, -0.1) is 11.3 Å². The van der Waals surface area contributed by atoms with E-state index in [1.165, 1.54) is 0 Å². The molecule has 1 fully saturated rings. The average molecular weight is 429 g/mol. The number of rotatable bonds is 3. The minimum atomic E-state index is 0.244. The second kappa shape index (κ2) is 7.40. The van der Waals surface area contributed by atoms with Crippen LogP contribution in [-0.4, -0.2) is 50.7 Å². The molecule has 6 heterocycles. The third-order valence-corrected chi connectivity index (χ3v) is 6.68. The van der Waals surface area contributed by atoms with Crippen molar-refractivity contribution in [3.63, 3.8) is 0 Å². The lowest BCUT2D eigenvalue weighted by Crippen LogP contribution is -2.44. The van der Waals surface area contributed by atoms with Crippen LogP contribution >= 0.6 is 11.3 Å². The maximum atomic E-state index is 5.68. The topological polar surface area (TPSA) is 79.8 Å². The monoisotopic (exact) mass is 428 g/mol. The molecule has 0 bridgehead atoms. The molecule has 0 amide bonds. The van der Waals surface area contributed by atoms with Crippen LogP contribution in [0.1, 0.15) is 6.92 Å². The summed E-state index contributed by atoms with van der Waals surface area (Å²) in [5.41, 5.74) is 4.90. The van der Waals surface area contributed by atoms with Crippen LogP contribution in [-0.2, 0) is 4.74 Å². The quantitative estimate of drug-likeness (QED) is 0.455. The maximum Gasteiger partial charge on any atom is 0.163 e. The van der Waals surface area contributed by atoms with Crippen LogP contribution in [0.5, 0.6) is 0 Å². The fourth-order valence-corrected chi connectivity index (χ4v) is 5.16. The minimum Gasteiger partial charge on any atom is -0.377 e. The number of thiophene rings is 1. The zero-order valence-electron chi connectivity index (χ0n) is 16.9. The minimum absolute atomic E-state index is 0.244. The first-order valence-electron chi connectivity index (χ1n) is 10.3. The Morgan fingerprint density at radius 2 is 2.13 bits per heavy atom. The molecule has 0 unspecified atom stereocenters. The third kappa shape index (κ3) is 3.07. The van der Waals surface area contributed by atoms with E-state index in [0.717, 1.165) is 50.3 Å². The van der Waals surface area contributed by atoms with Gasteiger partial charge in [-0.2, -0.15) is 0 Å². The molecule has 8 heteroatoms. The number of hydrogen-bond donors (Lipinski definition) is 1. The summed E-state index contributed by atoms with van der Waals surface area (Å²) in [6.45, 7) is 4.38. The number of pyridine rings is 2. The molecule has 31 heavy (non-hydrogen) atoms. The van der Waals surface area contributed by atoms with E-state index in [2.05, 4.69) is 38.2 Å². The van der Waals surface area contributed by atoms with Crippen LogP contribution in [0.25, 0.3) is 43.8 Å². The molecule has 1 aliphatic heterocycles. The number of aromatic nitrogens is 5. The molecule has 5 aromatic heterocycles. The lowest BCUT2D eigenvalue weighted by Gasteiger charge is -2.34. The van der Waals surface area contributed by atoms with Gasteiger partial charge in [0.15, 0.2) is 11.6 Å². The Morgan fingerprint density at radius 1 is 1.16 bits per heavy atom. The Kier molecular flexibility index (Phi) is 4.40. The Labute approximate surface area is 182 Å². The van der Waals surface area contributed by atoms with Crippen molar-refractivity contribution < 1.29 is 4.74 Å². The highest BCUT2D eigenvalue weighted by Gasteiger charge is 2.26. The first kappa shape index (κ1) is 18.4. The summed E-state index contributed by atoms with van der Waals surface area (Å²) in [6.07, 6.45) is 7.38. The van der Waals surface area contributed by atoms with E-state index in [0.29, 0.717) is 19.0 Å². The van der Waals surface area contributed by atoms with E-state index in [4.69, 9.17) is 14.7 Å². The molecule has 0 aromatic carbocycles. The predicted molar refractivity (Wildman–Crippen MR) is 123 cm³/mol. The van der Waals surface area contributed by atoms with E-state index < -0.39 is 0 Å². The van der Waals surface area contributed by atoms with Gasteiger partial charge >= 0.3 is 0 Å². The lowest BCUT2D eigenvalue weighted by atomic mass is 10.1. The highest BCUT2D eigenvalue weighted by molar-refractivity contribution is 7.18. The molecule has 1 N–H and O–H groups in total. The second-order valence-corrected chi connectivity index (χ2v) is 8.54. The maximum absolute atomic E-state index is 5.68. The number of morpholine rings is 1. The van der Waals surface area contributed by atoms with Gasteiger partial charge in [-0.3, -0.25) is 4.98 Å². The molecule has 1 atom stereocenters. The van der Waals surface area contributed by atoms with Crippen LogP contribution in [0.2, 0.25) is 0 Å². The molecular weight excluding hydrogens is 408 g/mol. The summed E-state index contributed by atoms with van der Waals surface area (Å²) in [5, 5.41) is 3.17. The van der Waals surface area contributed by atoms with Gasteiger partial charge in [-0.05, 0) is 25.1 Å². The summed E-state index contributed by atoms with van der Waals surface area (Å²) < 4.78 is 6.77. The van der Waals surface area contributed by atoms with E-state index >= 15 is 0 Å². The number of anilines is 1. The van der Waals surface area contributed by atoms with Gasteiger partial charge in [0, 0.05) is 58.8 Å². The van der Waals surface area contributed by atoms with Gasteiger partial charge in [0.05, 0.1) is 29.5 Å². The first-order valence-corrected chi connectivity index (χ1v) is 11.1. The number of aromatic amines is 1. The van der Waals surface area contributed by atoms with Gasteiger partial charge in [0.25, 0.3) is 0 Å². The fraction of sp³-hybridized carbons (Fsp3) is 0.217. The lowest BCUT2D eigenvalue weighted by molar-refractivity contribution is 0.0987. The van der Waals surface area contributed by atoms with Gasteiger partial charge in [-0.1, -0.05) is 6.07 Å². The van der Waals surface area contributed by atoms with Crippen LogP contribution in [0, 0.1) is 0 Å². The summed E-state index contributed by atoms with van der Waals surface area (Å²) >= 11 is 1.69. The first-order chi connectivity index (χ1) is 15.3.